The van der Waals surface area contributed by atoms with Gasteiger partial charge in [0.05, 0.1) is 28.1 Å². The lowest BCUT2D eigenvalue weighted by Gasteiger charge is -2.08. The smallest absolute Gasteiger partial charge is 0.271 e. The Morgan fingerprint density at radius 3 is 2.79 bits per heavy atom. The summed E-state index contributed by atoms with van der Waals surface area (Å²) in [4.78, 5) is 38.5. The third-order valence-electron chi connectivity index (χ3n) is 2.79. The van der Waals surface area contributed by atoms with Crippen LogP contribution in [-0.4, -0.2) is 28.1 Å². The molecule has 0 unspecified atom stereocenters. The molecule has 7 nitrogen and oxygen atoms in total. The summed E-state index contributed by atoms with van der Waals surface area (Å²) in [5, 5.41) is 11.1. The van der Waals surface area contributed by atoms with Crippen molar-refractivity contribution in [3.63, 3.8) is 0 Å². The summed E-state index contributed by atoms with van der Waals surface area (Å²) in [6, 6.07) is 4.34. The SMILES string of the molecule is O=C1CC(=O)N(c2nc3cc([N+](=O)[O-])ccc3s2)C1. The standard InChI is InChI=1S/C11H7N3O4S/c15-7-4-10(16)13(5-7)11-12-8-3-6(14(17)18)1-2-9(8)19-11/h1-3H,4-5H2. The zero-order valence-electron chi connectivity index (χ0n) is 9.53. The molecule has 0 atom stereocenters. The molecular weight excluding hydrogens is 270 g/mol. The first kappa shape index (κ1) is 11.7. The van der Waals surface area contributed by atoms with Gasteiger partial charge in [0.15, 0.2) is 10.9 Å². The van der Waals surface area contributed by atoms with Crippen molar-refractivity contribution in [1.29, 1.82) is 0 Å². The van der Waals surface area contributed by atoms with Gasteiger partial charge in [-0.3, -0.25) is 24.6 Å². The van der Waals surface area contributed by atoms with Gasteiger partial charge in [-0.15, -0.1) is 0 Å². The molecule has 0 saturated carbocycles. The number of carbonyl (C=O) groups excluding carboxylic acids is 2. The molecule has 0 spiro atoms. The normalized spacial score (nSPS) is 15.5. The van der Waals surface area contributed by atoms with Gasteiger partial charge < -0.3 is 0 Å². The number of hydrogen-bond acceptors (Lipinski definition) is 6. The van der Waals surface area contributed by atoms with Gasteiger partial charge in [0, 0.05) is 12.1 Å². The molecule has 1 aliphatic heterocycles. The number of amides is 1. The number of rotatable bonds is 2. The first-order chi connectivity index (χ1) is 9.04. The molecule has 1 amide bonds. The van der Waals surface area contributed by atoms with Gasteiger partial charge in [-0.05, 0) is 6.07 Å². The summed E-state index contributed by atoms with van der Waals surface area (Å²) in [7, 11) is 0. The van der Waals surface area contributed by atoms with Crippen LogP contribution in [-0.2, 0) is 9.59 Å². The molecule has 2 aromatic rings. The largest absolute Gasteiger partial charge is 0.297 e. The molecule has 1 aromatic carbocycles. The topological polar surface area (TPSA) is 93.4 Å². The van der Waals surface area contributed by atoms with E-state index in [2.05, 4.69) is 4.98 Å². The van der Waals surface area contributed by atoms with Gasteiger partial charge >= 0.3 is 0 Å². The van der Waals surface area contributed by atoms with E-state index in [0.717, 1.165) is 4.70 Å². The van der Waals surface area contributed by atoms with Gasteiger partial charge in [-0.2, -0.15) is 0 Å². The highest BCUT2D eigenvalue weighted by atomic mass is 32.1. The first-order valence-electron chi connectivity index (χ1n) is 5.41. The number of anilines is 1. The zero-order chi connectivity index (χ0) is 13.6. The van der Waals surface area contributed by atoms with Crippen molar-refractivity contribution in [2.75, 3.05) is 11.4 Å². The van der Waals surface area contributed by atoms with E-state index >= 15 is 0 Å². The number of ketones is 1. The van der Waals surface area contributed by atoms with Crippen LogP contribution in [0.25, 0.3) is 10.2 Å². The van der Waals surface area contributed by atoms with E-state index in [0.29, 0.717) is 10.6 Å². The maximum absolute atomic E-state index is 11.6. The van der Waals surface area contributed by atoms with Crippen molar-refractivity contribution in [3.8, 4) is 0 Å². The summed E-state index contributed by atoms with van der Waals surface area (Å²) in [6.45, 7) is 0.0285. The number of non-ortho nitro benzene ring substituents is 1. The van der Waals surface area contributed by atoms with E-state index < -0.39 is 4.92 Å². The predicted octanol–water partition coefficient (Wildman–Crippen LogP) is 1.51. The molecule has 0 bridgehead atoms. The fraction of sp³-hybridized carbons (Fsp3) is 0.182. The van der Waals surface area contributed by atoms with E-state index in [1.807, 2.05) is 0 Å². The van der Waals surface area contributed by atoms with E-state index in [-0.39, 0.29) is 30.3 Å². The number of nitrogens with zero attached hydrogens (tertiary/aromatic N) is 3. The van der Waals surface area contributed by atoms with E-state index in [1.165, 1.54) is 28.4 Å². The lowest BCUT2D eigenvalue weighted by atomic mass is 10.3. The van der Waals surface area contributed by atoms with Crippen LogP contribution >= 0.6 is 11.3 Å². The summed E-state index contributed by atoms with van der Waals surface area (Å²) >= 11 is 1.24. The van der Waals surface area contributed by atoms with Crippen molar-refractivity contribution in [3.05, 3.63) is 28.3 Å². The third-order valence-corrected chi connectivity index (χ3v) is 3.84. The molecule has 3 rings (SSSR count). The number of fused-ring (bicyclic) bond motifs is 1. The van der Waals surface area contributed by atoms with Gasteiger partial charge in [-0.25, -0.2) is 4.98 Å². The minimum absolute atomic E-state index is 0.0285. The number of Topliss-reactive ketones (excluding diaryl/α,β-unsaturated/α-hetero) is 1. The molecule has 0 radical (unpaired) electrons. The fourth-order valence-electron chi connectivity index (χ4n) is 1.89. The Hall–Kier alpha value is -2.35. The Kier molecular flexibility index (Phi) is 2.53. The zero-order valence-corrected chi connectivity index (χ0v) is 10.3. The number of nitro benzene ring substituents is 1. The summed E-state index contributed by atoms with van der Waals surface area (Å²) in [5.74, 6) is -0.422. The van der Waals surface area contributed by atoms with Crippen LogP contribution in [0.4, 0.5) is 10.8 Å². The minimum atomic E-state index is -0.497. The van der Waals surface area contributed by atoms with Crippen LogP contribution < -0.4 is 4.90 Å². The second-order valence-electron chi connectivity index (χ2n) is 4.10. The predicted molar refractivity (Wildman–Crippen MR) is 68.3 cm³/mol. The maximum atomic E-state index is 11.6. The Morgan fingerprint density at radius 1 is 1.37 bits per heavy atom. The monoisotopic (exact) mass is 277 g/mol. The molecule has 2 heterocycles. The van der Waals surface area contributed by atoms with Gasteiger partial charge in [0.25, 0.3) is 5.69 Å². The highest BCUT2D eigenvalue weighted by molar-refractivity contribution is 7.22. The summed E-state index contributed by atoms with van der Waals surface area (Å²) < 4.78 is 0.743. The molecule has 0 N–H and O–H groups in total. The number of hydrogen-bond donors (Lipinski definition) is 0. The minimum Gasteiger partial charge on any atom is -0.297 e. The van der Waals surface area contributed by atoms with Crippen molar-refractivity contribution in [2.24, 2.45) is 0 Å². The third kappa shape index (κ3) is 1.95. The maximum Gasteiger partial charge on any atom is 0.271 e. The average molecular weight is 277 g/mol. The van der Waals surface area contributed by atoms with Crippen LogP contribution in [0.5, 0.6) is 0 Å². The fourth-order valence-corrected chi connectivity index (χ4v) is 2.85. The van der Waals surface area contributed by atoms with E-state index in [4.69, 9.17) is 0 Å². The second kappa shape index (κ2) is 4.09. The molecule has 0 aliphatic carbocycles. The van der Waals surface area contributed by atoms with Crippen molar-refractivity contribution >= 4 is 44.1 Å². The second-order valence-corrected chi connectivity index (χ2v) is 5.11. The molecule has 1 aliphatic rings. The van der Waals surface area contributed by atoms with Crippen LogP contribution in [0.1, 0.15) is 6.42 Å². The summed E-state index contributed by atoms with van der Waals surface area (Å²) in [6.07, 6.45) is -0.101. The van der Waals surface area contributed by atoms with Crippen molar-refractivity contribution in [1.82, 2.24) is 4.98 Å². The van der Waals surface area contributed by atoms with Crippen LogP contribution in [0, 0.1) is 10.1 Å². The van der Waals surface area contributed by atoms with Gasteiger partial charge in [-0.1, -0.05) is 11.3 Å². The average Bonchev–Trinajstić information content (AvgIpc) is 2.90. The van der Waals surface area contributed by atoms with Crippen molar-refractivity contribution in [2.45, 2.75) is 6.42 Å². The van der Waals surface area contributed by atoms with Crippen LogP contribution in [0.15, 0.2) is 18.2 Å². The Morgan fingerprint density at radius 2 is 2.16 bits per heavy atom. The molecule has 96 valence electrons. The first-order valence-corrected chi connectivity index (χ1v) is 6.23. The van der Waals surface area contributed by atoms with Gasteiger partial charge in [0.1, 0.15) is 0 Å². The molecule has 19 heavy (non-hydrogen) atoms. The Balaban J connectivity index is 2.04. The van der Waals surface area contributed by atoms with Crippen LogP contribution in [0.2, 0.25) is 0 Å². The lowest BCUT2D eigenvalue weighted by molar-refractivity contribution is -0.384. The highest BCUT2D eigenvalue weighted by Crippen LogP contribution is 2.32. The van der Waals surface area contributed by atoms with Crippen molar-refractivity contribution < 1.29 is 14.5 Å². The number of thiazole rings is 1. The number of nitro groups is 1. The molecular formula is C11H7N3O4S. The quantitative estimate of drug-likeness (QED) is 0.471. The number of aromatic nitrogens is 1. The van der Waals surface area contributed by atoms with Crippen LogP contribution in [0.3, 0.4) is 0 Å². The molecule has 1 fully saturated rings. The number of benzene rings is 1. The van der Waals surface area contributed by atoms with Gasteiger partial charge in [0.2, 0.25) is 5.91 Å². The lowest BCUT2D eigenvalue weighted by Crippen LogP contribution is -2.24. The molecule has 8 heteroatoms. The Labute approximate surface area is 110 Å². The Bertz CT molecular complexity index is 724. The molecule has 1 aromatic heterocycles. The summed E-state index contributed by atoms with van der Waals surface area (Å²) in [5.41, 5.74) is 0.412. The molecule has 1 saturated heterocycles. The van der Waals surface area contributed by atoms with E-state index in [1.54, 1.807) is 6.07 Å². The number of carbonyl (C=O) groups is 2. The van der Waals surface area contributed by atoms with E-state index in [9.17, 15) is 19.7 Å². The highest BCUT2D eigenvalue weighted by Gasteiger charge is 2.30.